The van der Waals surface area contributed by atoms with Gasteiger partial charge < -0.3 is 15.8 Å². The molecule has 0 aromatic heterocycles. The highest BCUT2D eigenvalue weighted by atomic mass is 19.1. The van der Waals surface area contributed by atoms with E-state index in [1.807, 2.05) is 0 Å². The second-order valence-electron chi connectivity index (χ2n) is 4.58. The van der Waals surface area contributed by atoms with Gasteiger partial charge in [0.2, 0.25) is 5.91 Å². The number of likely N-dealkylation sites (tertiary alicyclic amines) is 1. The Kier molecular flexibility index (Phi) is 3.99. The highest BCUT2D eigenvalue weighted by Crippen LogP contribution is 2.19. The average Bonchev–Trinajstić information content (AvgIpc) is 2.87. The molecule has 0 saturated carbocycles. The molecule has 1 aromatic rings. The van der Waals surface area contributed by atoms with Crippen molar-refractivity contribution in [1.29, 1.82) is 0 Å². The maximum Gasteiger partial charge on any atom is 0.227 e. The van der Waals surface area contributed by atoms with Gasteiger partial charge in [-0.25, -0.2) is 4.39 Å². The minimum atomic E-state index is -0.361. The van der Waals surface area contributed by atoms with Gasteiger partial charge in [0.25, 0.3) is 0 Å². The molecule has 0 aliphatic carbocycles. The molecule has 1 heterocycles. The predicted molar refractivity (Wildman–Crippen MR) is 68.2 cm³/mol. The summed E-state index contributed by atoms with van der Waals surface area (Å²) in [6.07, 6.45) is 1.62. The molecule has 1 saturated heterocycles. The average molecular weight is 265 g/mol. The fraction of sp³-hybridized carbons (Fsp3) is 0.385. The molecule has 6 heteroatoms. The Morgan fingerprint density at radius 1 is 1.58 bits per heavy atom. The monoisotopic (exact) mass is 265 g/mol. The number of nitrogens with zero attached hydrogens (tertiary/aromatic N) is 2. The summed E-state index contributed by atoms with van der Waals surface area (Å²) in [6, 6.07) is 5.60. The minimum Gasteiger partial charge on any atom is -0.409 e. The van der Waals surface area contributed by atoms with Gasteiger partial charge in [-0.1, -0.05) is 17.3 Å². The van der Waals surface area contributed by atoms with Crippen LogP contribution in [0, 0.1) is 5.82 Å². The fourth-order valence-corrected chi connectivity index (χ4v) is 2.36. The van der Waals surface area contributed by atoms with Crippen molar-refractivity contribution in [2.75, 3.05) is 6.54 Å². The van der Waals surface area contributed by atoms with Crippen LogP contribution in [-0.2, 0) is 11.2 Å². The summed E-state index contributed by atoms with van der Waals surface area (Å²) >= 11 is 0. The first-order valence-electron chi connectivity index (χ1n) is 6.13. The molecule has 5 nitrogen and oxygen atoms in total. The second-order valence-corrected chi connectivity index (χ2v) is 4.58. The molecule has 1 atom stereocenters. The van der Waals surface area contributed by atoms with Crippen LogP contribution >= 0.6 is 0 Å². The minimum absolute atomic E-state index is 0.0464. The van der Waals surface area contributed by atoms with Crippen LogP contribution in [0.2, 0.25) is 0 Å². The predicted octanol–water partition coefficient (Wildman–Crippen LogP) is 1.11. The van der Waals surface area contributed by atoms with E-state index in [9.17, 15) is 9.18 Å². The molecular formula is C13H16FN3O2. The van der Waals surface area contributed by atoms with E-state index in [1.165, 1.54) is 12.1 Å². The van der Waals surface area contributed by atoms with Gasteiger partial charge >= 0.3 is 0 Å². The Morgan fingerprint density at radius 2 is 2.37 bits per heavy atom. The van der Waals surface area contributed by atoms with Crippen LogP contribution in [0.25, 0.3) is 0 Å². The van der Waals surface area contributed by atoms with E-state index in [4.69, 9.17) is 10.9 Å². The molecule has 1 amide bonds. The maximum atomic E-state index is 13.1. The van der Waals surface area contributed by atoms with Crippen LogP contribution in [-0.4, -0.2) is 34.4 Å². The number of benzene rings is 1. The van der Waals surface area contributed by atoms with Crippen LogP contribution in [0.1, 0.15) is 18.4 Å². The molecule has 1 aliphatic rings. The second kappa shape index (κ2) is 5.69. The zero-order chi connectivity index (χ0) is 13.8. The molecule has 3 N–H and O–H groups in total. The van der Waals surface area contributed by atoms with Crippen LogP contribution in [0.5, 0.6) is 0 Å². The maximum absolute atomic E-state index is 13.1. The number of carbonyl (C=O) groups is 1. The van der Waals surface area contributed by atoms with Crippen LogP contribution in [0.15, 0.2) is 29.4 Å². The Bertz CT molecular complexity index is 504. The third-order valence-corrected chi connectivity index (χ3v) is 3.27. The molecule has 1 unspecified atom stereocenters. The van der Waals surface area contributed by atoms with Gasteiger partial charge in [-0.3, -0.25) is 4.79 Å². The number of halogens is 1. The van der Waals surface area contributed by atoms with E-state index in [0.717, 1.165) is 6.42 Å². The van der Waals surface area contributed by atoms with Gasteiger partial charge in [-0.15, -0.1) is 0 Å². The van der Waals surface area contributed by atoms with Crippen LogP contribution in [0.4, 0.5) is 4.39 Å². The molecule has 19 heavy (non-hydrogen) atoms. The zero-order valence-corrected chi connectivity index (χ0v) is 10.4. The first-order valence-corrected chi connectivity index (χ1v) is 6.13. The van der Waals surface area contributed by atoms with Crippen LogP contribution in [0.3, 0.4) is 0 Å². The van der Waals surface area contributed by atoms with E-state index in [2.05, 4.69) is 5.16 Å². The van der Waals surface area contributed by atoms with Crippen molar-refractivity contribution in [2.45, 2.75) is 25.3 Å². The van der Waals surface area contributed by atoms with E-state index in [0.29, 0.717) is 18.5 Å². The molecule has 1 aliphatic heterocycles. The van der Waals surface area contributed by atoms with Gasteiger partial charge in [0, 0.05) is 6.54 Å². The number of carbonyl (C=O) groups excluding carboxylic acids is 1. The third-order valence-electron chi connectivity index (χ3n) is 3.27. The van der Waals surface area contributed by atoms with Crippen molar-refractivity contribution in [3.8, 4) is 0 Å². The van der Waals surface area contributed by atoms with Gasteiger partial charge in [-0.2, -0.15) is 0 Å². The number of rotatable bonds is 3. The first-order chi connectivity index (χ1) is 9.11. The molecule has 0 bridgehead atoms. The van der Waals surface area contributed by atoms with Gasteiger partial charge in [-0.05, 0) is 30.5 Å². The lowest BCUT2D eigenvalue weighted by atomic mass is 10.1. The lowest BCUT2D eigenvalue weighted by Gasteiger charge is -2.23. The summed E-state index contributed by atoms with van der Waals surface area (Å²) in [7, 11) is 0. The number of hydrogen-bond donors (Lipinski definition) is 2. The van der Waals surface area contributed by atoms with Gasteiger partial charge in [0.15, 0.2) is 5.84 Å². The van der Waals surface area contributed by atoms with Gasteiger partial charge in [0.05, 0.1) is 12.5 Å². The molecule has 1 aromatic carbocycles. The van der Waals surface area contributed by atoms with Crippen molar-refractivity contribution >= 4 is 11.7 Å². The quantitative estimate of drug-likeness (QED) is 0.372. The lowest BCUT2D eigenvalue weighted by molar-refractivity contribution is -0.130. The van der Waals surface area contributed by atoms with Crippen molar-refractivity contribution in [3.63, 3.8) is 0 Å². The first kappa shape index (κ1) is 13.3. The number of hydrogen-bond acceptors (Lipinski definition) is 3. The summed E-state index contributed by atoms with van der Waals surface area (Å²) in [6.45, 7) is 0.578. The number of oxime groups is 1. The summed E-state index contributed by atoms with van der Waals surface area (Å²) < 4.78 is 13.1. The van der Waals surface area contributed by atoms with E-state index >= 15 is 0 Å². The van der Waals surface area contributed by atoms with E-state index in [1.54, 1.807) is 17.0 Å². The molecule has 0 radical (unpaired) electrons. The Labute approximate surface area is 110 Å². The number of amidine groups is 1. The molecular weight excluding hydrogens is 249 g/mol. The Hall–Kier alpha value is -2.11. The molecule has 102 valence electrons. The Morgan fingerprint density at radius 3 is 3.05 bits per heavy atom. The Balaban J connectivity index is 2.07. The summed E-state index contributed by atoms with van der Waals surface area (Å²) in [4.78, 5) is 13.8. The molecule has 2 rings (SSSR count). The van der Waals surface area contributed by atoms with E-state index < -0.39 is 0 Å². The number of nitrogens with two attached hydrogens (primary N) is 1. The SMILES string of the molecule is NC(=NO)C1CCCN1C(=O)Cc1cccc(F)c1. The lowest BCUT2D eigenvalue weighted by Crippen LogP contribution is -2.44. The smallest absolute Gasteiger partial charge is 0.227 e. The van der Waals surface area contributed by atoms with Crippen molar-refractivity contribution in [1.82, 2.24) is 4.90 Å². The largest absolute Gasteiger partial charge is 0.409 e. The van der Waals surface area contributed by atoms with Crippen molar-refractivity contribution < 1.29 is 14.4 Å². The third kappa shape index (κ3) is 3.01. The highest BCUT2D eigenvalue weighted by molar-refractivity contribution is 5.91. The highest BCUT2D eigenvalue weighted by Gasteiger charge is 2.31. The molecule has 1 fully saturated rings. The standard InChI is InChI=1S/C13H16FN3O2/c14-10-4-1-3-9(7-10)8-12(18)17-6-2-5-11(17)13(15)16-19/h1,3-4,7,11,19H,2,5-6,8H2,(H2,15,16). The van der Waals surface area contributed by atoms with Crippen molar-refractivity contribution in [2.24, 2.45) is 10.9 Å². The van der Waals surface area contributed by atoms with E-state index in [-0.39, 0.29) is 30.0 Å². The zero-order valence-electron chi connectivity index (χ0n) is 10.4. The van der Waals surface area contributed by atoms with Crippen LogP contribution < -0.4 is 5.73 Å². The summed E-state index contributed by atoms with van der Waals surface area (Å²) in [5.74, 6) is -0.454. The summed E-state index contributed by atoms with van der Waals surface area (Å²) in [5, 5.41) is 11.7. The van der Waals surface area contributed by atoms with Crippen molar-refractivity contribution in [3.05, 3.63) is 35.6 Å². The number of amides is 1. The normalized spacial score (nSPS) is 19.7. The summed E-state index contributed by atoms with van der Waals surface area (Å²) in [5.41, 5.74) is 6.19. The fourth-order valence-electron chi connectivity index (χ4n) is 2.36. The molecule has 0 spiro atoms. The van der Waals surface area contributed by atoms with Gasteiger partial charge in [0.1, 0.15) is 5.82 Å². The topological polar surface area (TPSA) is 78.9 Å².